The smallest absolute Gasteiger partial charge is 0.277 e. The molecule has 10 nitrogen and oxygen atoms in total. The van der Waals surface area contributed by atoms with E-state index in [4.69, 9.17) is 4.74 Å². The third kappa shape index (κ3) is 3.74. The minimum atomic E-state index is -0.542. The quantitative estimate of drug-likeness (QED) is 0.191. The molecular formula is C25H22N5O5+. The Morgan fingerprint density at radius 2 is 1.86 bits per heavy atom. The van der Waals surface area contributed by atoms with Gasteiger partial charge < -0.3 is 10.1 Å². The molecule has 2 heterocycles. The van der Waals surface area contributed by atoms with Gasteiger partial charge in [0.25, 0.3) is 17.5 Å². The van der Waals surface area contributed by atoms with Crippen LogP contribution in [0, 0.1) is 10.1 Å². The van der Waals surface area contributed by atoms with E-state index in [1.807, 2.05) is 34.9 Å². The van der Waals surface area contributed by atoms with Crippen LogP contribution in [0.4, 0.5) is 17.1 Å². The number of nitro groups is 1. The number of nitro benzene ring substituents is 1. The average Bonchev–Trinajstić information content (AvgIpc) is 3.27. The van der Waals surface area contributed by atoms with Crippen molar-refractivity contribution in [3.05, 3.63) is 88.5 Å². The highest BCUT2D eigenvalue weighted by Crippen LogP contribution is 2.39. The van der Waals surface area contributed by atoms with Crippen LogP contribution in [-0.2, 0) is 13.6 Å². The first kappa shape index (κ1) is 22.1. The number of imide groups is 1. The monoisotopic (exact) mass is 472 g/mol. The van der Waals surface area contributed by atoms with Gasteiger partial charge in [-0.05, 0) is 30.3 Å². The average molecular weight is 472 g/mol. The topological polar surface area (TPSA) is 111 Å². The zero-order chi connectivity index (χ0) is 24.7. The Hall–Kier alpha value is -4.73. The predicted molar refractivity (Wildman–Crippen MR) is 129 cm³/mol. The summed E-state index contributed by atoms with van der Waals surface area (Å²) in [5.41, 5.74) is 1.26. The Labute approximate surface area is 200 Å². The molecule has 4 aromatic rings. The molecule has 0 fully saturated rings. The van der Waals surface area contributed by atoms with Crippen LogP contribution in [0.3, 0.4) is 0 Å². The first-order valence-electron chi connectivity index (χ1n) is 10.9. The molecule has 0 unspecified atom stereocenters. The standard InChI is InChI=1S/C25H22N5O5/c1-27-12-13-28(15-27)11-10-26-20-14-16(35-2)6-8-22(20)29-24(31)18-5-3-4-17-21(30(33)34)9-7-19(23(17)18)25(29)32/h3-9,12-15,26H,10-11H2,1-2H3/q+1. The maximum absolute atomic E-state index is 13.6. The summed E-state index contributed by atoms with van der Waals surface area (Å²) < 4.78 is 9.30. The number of carbonyl (C=O) groups is 2. The first-order chi connectivity index (χ1) is 16.9. The van der Waals surface area contributed by atoms with E-state index < -0.39 is 16.7 Å². The number of aryl methyl sites for hydroxylation is 1. The molecule has 2 amide bonds. The largest absolute Gasteiger partial charge is 0.497 e. The van der Waals surface area contributed by atoms with Crippen LogP contribution in [0.5, 0.6) is 5.75 Å². The molecule has 0 atom stereocenters. The highest BCUT2D eigenvalue weighted by atomic mass is 16.6. The van der Waals surface area contributed by atoms with E-state index in [1.165, 1.54) is 12.1 Å². The summed E-state index contributed by atoms with van der Waals surface area (Å²) in [7, 11) is 3.48. The number of hydrogen-bond donors (Lipinski definition) is 1. The van der Waals surface area contributed by atoms with E-state index >= 15 is 0 Å². The number of benzene rings is 3. The second kappa shape index (κ2) is 8.56. The van der Waals surface area contributed by atoms with Crippen LogP contribution in [-0.4, -0.2) is 35.0 Å². The number of anilines is 2. The van der Waals surface area contributed by atoms with Gasteiger partial charge in [-0.2, -0.15) is 0 Å². The number of nitrogens with zero attached hydrogens (tertiary/aromatic N) is 4. The fourth-order valence-electron chi connectivity index (χ4n) is 4.39. The van der Waals surface area contributed by atoms with Gasteiger partial charge in [0.2, 0.25) is 6.33 Å². The lowest BCUT2D eigenvalue weighted by molar-refractivity contribution is -0.693. The molecule has 176 valence electrons. The van der Waals surface area contributed by atoms with Crippen LogP contribution >= 0.6 is 0 Å². The van der Waals surface area contributed by atoms with Crippen molar-refractivity contribution in [1.82, 2.24) is 4.57 Å². The van der Waals surface area contributed by atoms with Crippen molar-refractivity contribution in [2.24, 2.45) is 7.05 Å². The molecule has 0 saturated carbocycles. The molecule has 3 aromatic carbocycles. The van der Waals surface area contributed by atoms with Crippen molar-refractivity contribution < 1.29 is 23.8 Å². The van der Waals surface area contributed by atoms with Crippen molar-refractivity contribution >= 4 is 39.6 Å². The van der Waals surface area contributed by atoms with Crippen LogP contribution in [0.1, 0.15) is 20.7 Å². The minimum Gasteiger partial charge on any atom is -0.497 e. The van der Waals surface area contributed by atoms with Crippen LogP contribution in [0.15, 0.2) is 67.3 Å². The molecular weight excluding hydrogens is 450 g/mol. The summed E-state index contributed by atoms with van der Waals surface area (Å²) in [5.74, 6) is -0.517. The molecule has 1 aliphatic heterocycles. The maximum Gasteiger partial charge on any atom is 0.277 e. The lowest BCUT2D eigenvalue weighted by atomic mass is 9.92. The van der Waals surface area contributed by atoms with Gasteiger partial charge in [0.05, 0.1) is 42.4 Å². The maximum atomic E-state index is 13.6. The van der Waals surface area contributed by atoms with Crippen LogP contribution < -0.4 is 19.5 Å². The molecule has 10 heteroatoms. The van der Waals surface area contributed by atoms with Gasteiger partial charge in [-0.15, -0.1) is 0 Å². The summed E-state index contributed by atoms with van der Waals surface area (Å²) in [6, 6.07) is 12.5. The number of imidazole rings is 1. The van der Waals surface area contributed by atoms with Gasteiger partial charge in [0.1, 0.15) is 24.7 Å². The van der Waals surface area contributed by atoms with Crippen molar-refractivity contribution in [2.45, 2.75) is 6.54 Å². The van der Waals surface area contributed by atoms with Crippen molar-refractivity contribution in [1.29, 1.82) is 0 Å². The zero-order valence-electron chi connectivity index (χ0n) is 19.1. The van der Waals surface area contributed by atoms with E-state index in [0.717, 1.165) is 4.90 Å². The lowest BCUT2D eigenvalue weighted by Gasteiger charge is -2.29. The van der Waals surface area contributed by atoms with Gasteiger partial charge >= 0.3 is 0 Å². The Morgan fingerprint density at radius 1 is 1.09 bits per heavy atom. The van der Waals surface area contributed by atoms with Gasteiger partial charge in [0.15, 0.2) is 0 Å². The van der Waals surface area contributed by atoms with E-state index in [0.29, 0.717) is 35.6 Å². The molecule has 5 rings (SSSR count). The first-order valence-corrected chi connectivity index (χ1v) is 10.9. The SMILES string of the molecule is COc1ccc(N2C(=O)c3cccc4c([N+](=O)[O-])ccc(c34)C2=O)c(NCC[n+]2ccn(C)c2)c1. The van der Waals surface area contributed by atoms with E-state index in [2.05, 4.69) is 5.32 Å². The van der Waals surface area contributed by atoms with Crippen molar-refractivity contribution in [2.75, 3.05) is 23.9 Å². The van der Waals surface area contributed by atoms with Crippen molar-refractivity contribution in [3.63, 3.8) is 0 Å². The Kier molecular flexibility index (Phi) is 5.40. The Balaban J connectivity index is 1.55. The number of non-ortho nitro benzene ring substituents is 1. The molecule has 35 heavy (non-hydrogen) atoms. The molecule has 0 aliphatic carbocycles. The zero-order valence-corrected chi connectivity index (χ0v) is 19.1. The number of methoxy groups -OCH3 is 1. The fourth-order valence-corrected chi connectivity index (χ4v) is 4.39. The van der Waals surface area contributed by atoms with Crippen LogP contribution in [0.25, 0.3) is 10.8 Å². The number of rotatable bonds is 7. The summed E-state index contributed by atoms with van der Waals surface area (Å²) in [6.45, 7) is 1.19. The lowest BCUT2D eigenvalue weighted by Crippen LogP contribution is -2.41. The van der Waals surface area contributed by atoms with Crippen LogP contribution in [0.2, 0.25) is 0 Å². The number of nitrogens with one attached hydrogen (secondary N) is 1. The van der Waals surface area contributed by atoms with Gasteiger partial charge in [0, 0.05) is 28.6 Å². The molecule has 0 spiro atoms. The highest BCUT2D eigenvalue weighted by molar-refractivity contribution is 6.36. The number of carbonyl (C=O) groups excluding carboxylic acids is 2. The van der Waals surface area contributed by atoms with Gasteiger partial charge in [-0.25, -0.2) is 14.0 Å². The summed E-state index contributed by atoms with van der Waals surface area (Å²) >= 11 is 0. The predicted octanol–water partition coefficient (Wildman–Crippen LogP) is 3.30. The highest BCUT2D eigenvalue weighted by Gasteiger charge is 2.36. The number of aromatic nitrogens is 2. The number of amides is 2. The fraction of sp³-hybridized carbons (Fsp3) is 0.160. The molecule has 0 bridgehead atoms. The number of hydrogen-bond acceptors (Lipinski definition) is 6. The molecule has 1 N–H and O–H groups in total. The summed E-state index contributed by atoms with van der Waals surface area (Å²) in [6.07, 6.45) is 5.83. The Morgan fingerprint density at radius 3 is 2.54 bits per heavy atom. The van der Waals surface area contributed by atoms with E-state index in [9.17, 15) is 19.7 Å². The van der Waals surface area contributed by atoms with E-state index in [1.54, 1.807) is 43.5 Å². The molecule has 1 aromatic heterocycles. The van der Waals surface area contributed by atoms with E-state index in [-0.39, 0.29) is 22.2 Å². The minimum absolute atomic E-state index is 0.148. The summed E-state index contributed by atoms with van der Waals surface area (Å²) in [4.78, 5) is 39.2. The molecule has 1 aliphatic rings. The third-order valence-corrected chi connectivity index (χ3v) is 6.04. The number of ether oxygens (including phenoxy) is 1. The summed E-state index contributed by atoms with van der Waals surface area (Å²) in [5, 5.41) is 15.4. The van der Waals surface area contributed by atoms with Gasteiger partial charge in [-0.1, -0.05) is 6.07 Å². The molecule has 0 saturated heterocycles. The second-order valence-corrected chi connectivity index (χ2v) is 8.19. The Bertz CT molecular complexity index is 1490. The molecule has 0 radical (unpaired) electrons. The van der Waals surface area contributed by atoms with Crippen molar-refractivity contribution in [3.8, 4) is 5.75 Å². The second-order valence-electron chi connectivity index (χ2n) is 8.19. The van der Waals surface area contributed by atoms with Gasteiger partial charge in [-0.3, -0.25) is 19.7 Å². The third-order valence-electron chi connectivity index (χ3n) is 6.04. The normalized spacial score (nSPS) is 12.8.